The lowest BCUT2D eigenvalue weighted by atomic mass is 9.86. The molecule has 0 spiro atoms. The first-order chi connectivity index (χ1) is 11.6. The molecule has 2 rings (SSSR count). The van der Waals surface area contributed by atoms with Crippen molar-refractivity contribution in [2.45, 2.75) is 65.4 Å². The van der Waals surface area contributed by atoms with Crippen LogP contribution in [0.3, 0.4) is 0 Å². The van der Waals surface area contributed by atoms with Gasteiger partial charge in [-0.2, -0.15) is 0 Å². The quantitative estimate of drug-likeness (QED) is 0.765. The van der Waals surface area contributed by atoms with Crippen LogP contribution in [0.1, 0.15) is 54.9 Å². The zero-order chi connectivity index (χ0) is 18.8. The van der Waals surface area contributed by atoms with Crippen LogP contribution in [-0.2, 0) is 20.7 Å². The molecular formula is C19H26O6. The molecule has 0 fully saturated rings. The number of esters is 1. The van der Waals surface area contributed by atoms with Gasteiger partial charge in [0.05, 0.1) is 19.4 Å². The molecule has 1 heterocycles. The summed E-state index contributed by atoms with van der Waals surface area (Å²) < 4.78 is 11.4. The molecule has 0 bridgehead atoms. The number of rotatable bonds is 6. The maximum absolute atomic E-state index is 11.5. The van der Waals surface area contributed by atoms with E-state index in [-0.39, 0.29) is 19.4 Å². The summed E-state index contributed by atoms with van der Waals surface area (Å²) >= 11 is 0. The molecule has 0 saturated carbocycles. The Balaban J connectivity index is 2.01. The molecule has 6 heteroatoms. The van der Waals surface area contributed by atoms with Crippen molar-refractivity contribution < 1.29 is 29.3 Å². The number of fused-ring (bicyclic) bond motifs is 1. The Labute approximate surface area is 147 Å². The Morgan fingerprint density at radius 3 is 2.48 bits per heavy atom. The van der Waals surface area contributed by atoms with Crippen molar-refractivity contribution in [1.82, 2.24) is 0 Å². The van der Waals surface area contributed by atoms with E-state index in [2.05, 4.69) is 0 Å². The zero-order valence-electron chi connectivity index (χ0n) is 15.3. The van der Waals surface area contributed by atoms with Gasteiger partial charge in [-0.25, -0.2) is 0 Å². The monoisotopic (exact) mass is 350 g/mol. The summed E-state index contributed by atoms with van der Waals surface area (Å²) in [6.45, 7) is 7.89. The van der Waals surface area contributed by atoms with Crippen LogP contribution in [0, 0.1) is 20.8 Å². The second-order valence-electron chi connectivity index (χ2n) is 6.95. The summed E-state index contributed by atoms with van der Waals surface area (Å²) in [6, 6.07) is 0. The lowest BCUT2D eigenvalue weighted by Crippen LogP contribution is -2.38. The standard InChI is InChI=1S/C19H26O6/c1-11-12(2)18-14(13(3)17(11)23)7-8-19(4,25-18)9-10-24-16(22)6-5-15(20)21/h23H,5-10H2,1-4H3,(H,20,21). The highest BCUT2D eigenvalue weighted by molar-refractivity contribution is 5.76. The number of carbonyl (C=O) groups excluding carboxylic acids is 1. The molecule has 138 valence electrons. The maximum Gasteiger partial charge on any atom is 0.306 e. The fourth-order valence-corrected chi connectivity index (χ4v) is 3.13. The fraction of sp³-hybridized carbons (Fsp3) is 0.579. The third-order valence-corrected chi connectivity index (χ3v) is 5.03. The average molecular weight is 350 g/mol. The van der Waals surface area contributed by atoms with Gasteiger partial charge in [0.1, 0.15) is 17.1 Å². The first-order valence-corrected chi connectivity index (χ1v) is 8.52. The maximum atomic E-state index is 11.5. The second-order valence-corrected chi connectivity index (χ2v) is 6.95. The molecule has 1 atom stereocenters. The third-order valence-electron chi connectivity index (χ3n) is 5.03. The van der Waals surface area contributed by atoms with Gasteiger partial charge in [-0.3, -0.25) is 9.59 Å². The molecule has 1 unspecified atom stereocenters. The minimum Gasteiger partial charge on any atom is -0.507 e. The van der Waals surface area contributed by atoms with Gasteiger partial charge >= 0.3 is 11.9 Å². The van der Waals surface area contributed by atoms with Gasteiger partial charge in [0, 0.05) is 12.0 Å². The lowest BCUT2D eigenvalue weighted by Gasteiger charge is -2.37. The predicted molar refractivity (Wildman–Crippen MR) is 92.1 cm³/mol. The highest BCUT2D eigenvalue weighted by atomic mass is 16.5. The molecule has 6 nitrogen and oxygen atoms in total. The molecule has 0 saturated heterocycles. The number of phenols is 1. The largest absolute Gasteiger partial charge is 0.507 e. The Kier molecular flexibility index (Phi) is 5.60. The highest BCUT2D eigenvalue weighted by Crippen LogP contribution is 2.43. The van der Waals surface area contributed by atoms with Gasteiger partial charge in [-0.15, -0.1) is 0 Å². The van der Waals surface area contributed by atoms with Gasteiger partial charge in [0.15, 0.2) is 0 Å². The first kappa shape index (κ1) is 19.1. The summed E-state index contributed by atoms with van der Waals surface area (Å²) in [6.07, 6.45) is 1.74. The van der Waals surface area contributed by atoms with Gasteiger partial charge < -0.3 is 19.7 Å². The Morgan fingerprint density at radius 1 is 1.16 bits per heavy atom. The molecule has 0 radical (unpaired) electrons. The van der Waals surface area contributed by atoms with Gasteiger partial charge in [-0.05, 0) is 57.2 Å². The predicted octanol–water partition coefficient (Wildman–Crippen LogP) is 3.20. The number of ether oxygens (including phenoxy) is 2. The number of benzene rings is 1. The SMILES string of the molecule is Cc1c(C)c2c(c(C)c1O)CCC(C)(CCOC(=O)CCC(=O)O)O2. The number of phenolic OH excluding ortho intramolecular Hbond substituents is 1. The van der Waals surface area contributed by atoms with Crippen LogP contribution < -0.4 is 4.74 Å². The number of aliphatic carboxylic acids is 1. The van der Waals surface area contributed by atoms with Crippen molar-refractivity contribution in [1.29, 1.82) is 0 Å². The zero-order valence-corrected chi connectivity index (χ0v) is 15.3. The van der Waals surface area contributed by atoms with E-state index >= 15 is 0 Å². The number of carbonyl (C=O) groups is 2. The van der Waals surface area contributed by atoms with Crippen LogP contribution in [-0.4, -0.2) is 34.4 Å². The normalized spacial score (nSPS) is 19.0. The summed E-state index contributed by atoms with van der Waals surface area (Å²) in [5, 5.41) is 18.8. The molecule has 1 aromatic rings. The van der Waals surface area contributed by atoms with Crippen LogP contribution in [0.4, 0.5) is 0 Å². The number of aromatic hydroxyl groups is 1. The molecule has 0 aromatic heterocycles. The Bertz CT molecular complexity index is 694. The summed E-state index contributed by atoms with van der Waals surface area (Å²) in [5.41, 5.74) is 3.19. The van der Waals surface area contributed by atoms with E-state index in [9.17, 15) is 14.7 Å². The molecule has 0 aliphatic carbocycles. The first-order valence-electron chi connectivity index (χ1n) is 8.52. The third kappa shape index (κ3) is 4.24. The average Bonchev–Trinajstić information content (AvgIpc) is 2.56. The van der Waals surface area contributed by atoms with Crippen LogP contribution in [0.25, 0.3) is 0 Å². The van der Waals surface area contributed by atoms with Crippen molar-refractivity contribution in [2.75, 3.05) is 6.61 Å². The van der Waals surface area contributed by atoms with Crippen LogP contribution >= 0.6 is 0 Å². The van der Waals surface area contributed by atoms with Crippen LogP contribution in [0.2, 0.25) is 0 Å². The van der Waals surface area contributed by atoms with E-state index in [1.807, 2.05) is 27.7 Å². The van der Waals surface area contributed by atoms with E-state index in [1.54, 1.807) is 0 Å². The number of carboxylic acid groups (broad SMARTS) is 1. The molecule has 2 N–H and O–H groups in total. The van der Waals surface area contributed by atoms with Crippen LogP contribution in [0.15, 0.2) is 0 Å². The molecule has 1 aliphatic heterocycles. The van der Waals surface area contributed by atoms with Crippen molar-refractivity contribution in [2.24, 2.45) is 0 Å². The molecular weight excluding hydrogens is 324 g/mol. The lowest BCUT2D eigenvalue weighted by molar-refractivity contribution is -0.148. The molecule has 25 heavy (non-hydrogen) atoms. The van der Waals surface area contributed by atoms with Crippen molar-refractivity contribution in [3.63, 3.8) is 0 Å². The highest BCUT2D eigenvalue weighted by Gasteiger charge is 2.34. The number of hydrogen-bond acceptors (Lipinski definition) is 5. The summed E-state index contributed by atoms with van der Waals surface area (Å²) in [7, 11) is 0. The van der Waals surface area contributed by atoms with Crippen molar-refractivity contribution >= 4 is 11.9 Å². The Hall–Kier alpha value is -2.24. The number of hydrogen-bond donors (Lipinski definition) is 2. The van der Waals surface area contributed by atoms with Gasteiger partial charge in [0.2, 0.25) is 0 Å². The summed E-state index contributed by atoms with van der Waals surface area (Å²) in [5.74, 6) is -0.370. The smallest absolute Gasteiger partial charge is 0.306 e. The topological polar surface area (TPSA) is 93.1 Å². The fourth-order valence-electron chi connectivity index (χ4n) is 3.13. The minimum atomic E-state index is -1.01. The van der Waals surface area contributed by atoms with E-state index < -0.39 is 17.5 Å². The second kappa shape index (κ2) is 7.33. The van der Waals surface area contributed by atoms with Gasteiger partial charge in [0.25, 0.3) is 0 Å². The molecule has 1 aliphatic rings. The minimum absolute atomic E-state index is 0.119. The number of carboxylic acids is 1. The van der Waals surface area contributed by atoms with E-state index in [4.69, 9.17) is 14.6 Å². The molecule has 1 aromatic carbocycles. The van der Waals surface area contributed by atoms with Gasteiger partial charge in [-0.1, -0.05) is 0 Å². The summed E-state index contributed by atoms with van der Waals surface area (Å²) in [4.78, 5) is 22.0. The van der Waals surface area contributed by atoms with E-state index in [0.29, 0.717) is 12.2 Å². The van der Waals surface area contributed by atoms with Crippen molar-refractivity contribution in [3.8, 4) is 11.5 Å². The van der Waals surface area contributed by atoms with E-state index in [1.165, 1.54) is 0 Å². The van der Waals surface area contributed by atoms with Crippen molar-refractivity contribution in [3.05, 3.63) is 22.3 Å². The molecule has 0 amide bonds. The Morgan fingerprint density at radius 2 is 1.84 bits per heavy atom. The van der Waals surface area contributed by atoms with Crippen LogP contribution in [0.5, 0.6) is 11.5 Å². The van der Waals surface area contributed by atoms with E-state index in [0.717, 1.165) is 40.8 Å².